The third kappa shape index (κ3) is 3.27. The van der Waals surface area contributed by atoms with E-state index in [1.807, 2.05) is 19.2 Å². The zero-order chi connectivity index (χ0) is 12.3. The lowest BCUT2D eigenvalue weighted by Gasteiger charge is -2.34. The van der Waals surface area contributed by atoms with Crippen molar-refractivity contribution >= 4 is 0 Å². The topological polar surface area (TPSA) is 36.4 Å². The summed E-state index contributed by atoms with van der Waals surface area (Å²) in [5.41, 5.74) is 2.42. The second-order valence-corrected chi connectivity index (χ2v) is 5.15. The molecule has 1 aliphatic rings. The van der Waals surface area contributed by atoms with Crippen LogP contribution in [0.5, 0.6) is 0 Å². The average molecular weight is 234 g/mol. The van der Waals surface area contributed by atoms with Crippen LogP contribution in [-0.2, 0) is 6.54 Å². The van der Waals surface area contributed by atoms with Gasteiger partial charge in [-0.25, -0.2) is 0 Å². The number of pyridine rings is 1. The summed E-state index contributed by atoms with van der Waals surface area (Å²) in [6, 6.07) is 4.09. The van der Waals surface area contributed by atoms with Crippen molar-refractivity contribution in [3.8, 4) is 0 Å². The maximum atomic E-state index is 9.67. The molecule has 1 N–H and O–H groups in total. The van der Waals surface area contributed by atoms with Gasteiger partial charge in [-0.2, -0.15) is 0 Å². The molecule has 3 nitrogen and oxygen atoms in total. The van der Waals surface area contributed by atoms with E-state index in [0.717, 1.165) is 26.1 Å². The largest absolute Gasteiger partial charge is 0.393 e. The molecule has 3 heteroatoms. The van der Waals surface area contributed by atoms with Gasteiger partial charge in [-0.3, -0.25) is 9.88 Å². The number of likely N-dealkylation sites (tertiary alicyclic amines) is 1. The highest BCUT2D eigenvalue weighted by atomic mass is 16.3. The van der Waals surface area contributed by atoms with Gasteiger partial charge in [-0.1, -0.05) is 6.07 Å². The van der Waals surface area contributed by atoms with Gasteiger partial charge < -0.3 is 5.11 Å². The Labute approximate surface area is 103 Å². The molecule has 0 amide bonds. The Hall–Kier alpha value is -0.930. The predicted molar refractivity (Wildman–Crippen MR) is 68.7 cm³/mol. The first kappa shape index (κ1) is 12.5. The lowest BCUT2D eigenvalue weighted by molar-refractivity contribution is 0.0593. The van der Waals surface area contributed by atoms with Crippen LogP contribution in [0.15, 0.2) is 18.3 Å². The molecular formula is C14H22N2O. The molecule has 94 valence electrons. The highest BCUT2D eigenvalue weighted by Gasteiger charge is 2.23. The smallest absolute Gasteiger partial charge is 0.0573 e. The molecule has 0 saturated carbocycles. The SMILES string of the molecule is Cc1cccnc1CN1CCCC(C(C)O)C1. The van der Waals surface area contributed by atoms with Gasteiger partial charge in [0.05, 0.1) is 11.8 Å². The molecule has 17 heavy (non-hydrogen) atoms. The second kappa shape index (κ2) is 5.61. The van der Waals surface area contributed by atoms with Crippen LogP contribution in [0, 0.1) is 12.8 Å². The molecule has 1 fully saturated rings. The van der Waals surface area contributed by atoms with E-state index in [0.29, 0.717) is 5.92 Å². The Bertz CT molecular complexity index is 365. The first-order chi connectivity index (χ1) is 8.16. The minimum atomic E-state index is -0.192. The van der Waals surface area contributed by atoms with Crippen LogP contribution in [0.2, 0.25) is 0 Å². The van der Waals surface area contributed by atoms with Crippen LogP contribution < -0.4 is 0 Å². The van der Waals surface area contributed by atoms with Crippen LogP contribution >= 0.6 is 0 Å². The van der Waals surface area contributed by atoms with Gasteiger partial charge in [0, 0.05) is 19.3 Å². The van der Waals surface area contributed by atoms with E-state index in [-0.39, 0.29) is 6.10 Å². The Balaban J connectivity index is 1.97. The Morgan fingerprint density at radius 3 is 3.12 bits per heavy atom. The number of nitrogens with zero attached hydrogens (tertiary/aromatic N) is 2. The number of hydrogen-bond donors (Lipinski definition) is 1. The summed E-state index contributed by atoms with van der Waals surface area (Å²) in [4.78, 5) is 6.85. The van der Waals surface area contributed by atoms with Crippen molar-refractivity contribution < 1.29 is 5.11 Å². The normalized spacial score (nSPS) is 23.6. The third-order valence-corrected chi connectivity index (χ3v) is 3.72. The molecule has 2 rings (SSSR count). The predicted octanol–water partition coefficient (Wildman–Crippen LogP) is 1.98. The molecule has 2 atom stereocenters. The molecule has 1 aromatic heterocycles. The average Bonchev–Trinajstić information content (AvgIpc) is 2.32. The summed E-state index contributed by atoms with van der Waals surface area (Å²) in [6.07, 6.45) is 4.00. The lowest BCUT2D eigenvalue weighted by Crippen LogP contribution is -2.39. The number of aliphatic hydroxyl groups is 1. The number of piperidine rings is 1. The Kier molecular flexibility index (Phi) is 4.13. The van der Waals surface area contributed by atoms with Gasteiger partial charge in [0.15, 0.2) is 0 Å². The molecule has 0 bridgehead atoms. The van der Waals surface area contributed by atoms with Crippen LogP contribution in [0.4, 0.5) is 0 Å². The molecule has 0 aliphatic carbocycles. The Morgan fingerprint density at radius 2 is 2.41 bits per heavy atom. The first-order valence-electron chi connectivity index (χ1n) is 6.47. The van der Waals surface area contributed by atoms with Gasteiger partial charge in [-0.15, -0.1) is 0 Å². The van der Waals surface area contributed by atoms with Gasteiger partial charge in [0.2, 0.25) is 0 Å². The zero-order valence-electron chi connectivity index (χ0n) is 10.8. The van der Waals surface area contributed by atoms with Crippen molar-refractivity contribution in [3.05, 3.63) is 29.6 Å². The van der Waals surface area contributed by atoms with E-state index >= 15 is 0 Å². The standard InChI is InChI=1S/C14H22N2O/c1-11-5-3-7-15-14(11)10-16-8-4-6-13(9-16)12(2)17/h3,5,7,12-13,17H,4,6,8-10H2,1-2H3. The molecular weight excluding hydrogens is 212 g/mol. The van der Waals surface area contributed by atoms with Gasteiger partial charge >= 0.3 is 0 Å². The number of aromatic nitrogens is 1. The van der Waals surface area contributed by atoms with Crippen LogP contribution in [-0.4, -0.2) is 34.2 Å². The van der Waals surface area contributed by atoms with Crippen molar-refractivity contribution in [2.45, 2.75) is 39.3 Å². The van der Waals surface area contributed by atoms with Crippen LogP contribution in [0.25, 0.3) is 0 Å². The molecule has 1 saturated heterocycles. The van der Waals surface area contributed by atoms with Gasteiger partial charge in [0.1, 0.15) is 0 Å². The maximum absolute atomic E-state index is 9.67. The van der Waals surface area contributed by atoms with E-state index < -0.39 is 0 Å². The van der Waals surface area contributed by atoms with Crippen molar-refractivity contribution in [2.24, 2.45) is 5.92 Å². The fraction of sp³-hybridized carbons (Fsp3) is 0.643. The van der Waals surface area contributed by atoms with E-state index in [1.165, 1.54) is 17.7 Å². The first-order valence-corrected chi connectivity index (χ1v) is 6.47. The number of rotatable bonds is 3. The van der Waals surface area contributed by atoms with E-state index in [9.17, 15) is 5.11 Å². The van der Waals surface area contributed by atoms with E-state index in [1.54, 1.807) is 0 Å². The number of hydrogen-bond acceptors (Lipinski definition) is 3. The van der Waals surface area contributed by atoms with Crippen LogP contribution in [0.3, 0.4) is 0 Å². The zero-order valence-corrected chi connectivity index (χ0v) is 10.8. The third-order valence-electron chi connectivity index (χ3n) is 3.72. The Morgan fingerprint density at radius 1 is 1.59 bits per heavy atom. The van der Waals surface area contributed by atoms with Crippen LogP contribution in [0.1, 0.15) is 31.0 Å². The summed E-state index contributed by atoms with van der Waals surface area (Å²) in [6.45, 7) is 7.04. The summed E-state index contributed by atoms with van der Waals surface area (Å²) in [5, 5.41) is 9.67. The van der Waals surface area contributed by atoms with Crippen molar-refractivity contribution in [1.82, 2.24) is 9.88 Å². The summed E-state index contributed by atoms with van der Waals surface area (Å²) in [5.74, 6) is 0.424. The maximum Gasteiger partial charge on any atom is 0.0573 e. The molecule has 0 radical (unpaired) electrons. The summed E-state index contributed by atoms with van der Waals surface area (Å²) in [7, 11) is 0. The highest BCUT2D eigenvalue weighted by Crippen LogP contribution is 2.21. The minimum Gasteiger partial charge on any atom is -0.393 e. The van der Waals surface area contributed by atoms with Crippen molar-refractivity contribution in [2.75, 3.05) is 13.1 Å². The fourth-order valence-corrected chi connectivity index (χ4v) is 2.52. The molecule has 1 aliphatic heterocycles. The molecule has 0 spiro atoms. The van der Waals surface area contributed by atoms with E-state index in [2.05, 4.69) is 22.9 Å². The molecule has 2 heterocycles. The molecule has 1 aromatic rings. The van der Waals surface area contributed by atoms with Gasteiger partial charge in [0.25, 0.3) is 0 Å². The quantitative estimate of drug-likeness (QED) is 0.869. The summed E-state index contributed by atoms with van der Waals surface area (Å²) >= 11 is 0. The number of aliphatic hydroxyl groups excluding tert-OH is 1. The van der Waals surface area contributed by atoms with Crippen molar-refractivity contribution in [3.63, 3.8) is 0 Å². The monoisotopic (exact) mass is 234 g/mol. The summed E-state index contributed by atoms with van der Waals surface area (Å²) < 4.78 is 0. The fourth-order valence-electron chi connectivity index (χ4n) is 2.52. The second-order valence-electron chi connectivity index (χ2n) is 5.15. The molecule has 2 unspecified atom stereocenters. The highest BCUT2D eigenvalue weighted by molar-refractivity contribution is 5.17. The minimum absolute atomic E-state index is 0.192. The van der Waals surface area contributed by atoms with E-state index in [4.69, 9.17) is 0 Å². The molecule has 0 aromatic carbocycles. The van der Waals surface area contributed by atoms with Crippen molar-refractivity contribution in [1.29, 1.82) is 0 Å². The van der Waals surface area contributed by atoms with Gasteiger partial charge in [-0.05, 0) is 50.8 Å². The number of aryl methyl sites for hydroxylation is 1. The lowest BCUT2D eigenvalue weighted by atomic mass is 9.93.